The topological polar surface area (TPSA) is 119 Å². The Balaban J connectivity index is 0.000000145. The molecule has 0 spiro atoms. The minimum absolute atomic E-state index is 0.222. The molecule has 0 amide bonds. The van der Waals surface area contributed by atoms with E-state index >= 15 is 0 Å². The fourth-order valence-electron chi connectivity index (χ4n) is 0.501. The molecule has 0 aromatic carbocycles. The summed E-state index contributed by atoms with van der Waals surface area (Å²) in [4.78, 5) is 6.42. The molecule has 0 atom stereocenters. The largest absolute Gasteiger partial charge is 0.394 e. The van der Waals surface area contributed by atoms with Crippen LogP contribution >= 0.6 is 0 Å². The van der Waals surface area contributed by atoms with E-state index < -0.39 is 0 Å². The number of hydrogen-bond acceptors (Lipinski definition) is 6. The highest BCUT2D eigenvalue weighted by atomic mass is 15.3. The highest BCUT2D eigenvalue weighted by molar-refractivity contribution is 5.54. The summed E-state index contributed by atoms with van der Waals surface area (Å²) in [6, 6.07) is 0. The molecule has 0 fully saturated rings. The number of nitrogens with one attached hydrogen (secondary N) is 1. The van der Waals surface area contributed by atoms with Gasteiger partial charge < -0.3 is 16.5 Å². The third-order valence-electron chi connectivity index (χ3n) is 1.10. The molecule has 0 aliphatic rings. The predicted octanol–water partition coefficient (Wildman–Crippen LogP) is -0.554. The van der Waals surface area contributed by atoms with Crippen molar-refractivity contribution in [2.24, 2.45) is 0 Å². The molecule has 0 saturated heterocycles. The SMILES string of the molecule is Nc1cnnnc1N.c1c[nH]cn1. The maximum absolute atomic E-state index is 5.23. The van der Waals surface area contributed by atoms with Gasteiger partial charge in [-0.1, -0.05) is 0 Å². The van der Waals surface area contributed by atoms with Gasteiger partial charge in [0.2, 0.25) is 0 Å². The molecular weight excluding hydrogens is 170 g/mol. The Morgan fingerprint density at radius 1 is 1.31 bits per heavy atom. The van der Waals surface area contributed by atoms with Crippen molar-refractivity contribution in [1.82, 2.24) is 25.4 Å². The summed E-state index contributed by atoms with van der Waals surface area (Å²) in [5.41, 5.74) is 10.8. The molecule has 0 bridgehead atoms. The van der Waals surface area contributed by atoms with Gasteiger partial charge in [0.05, 0.1) is 18.2 Å². The zero-order chi connectivity index (χ0) is 9.52. The van der Waals surface area contributed by atoms with E-state index in [1.165, 1.54) is 6.20 Å². The van der Waals surface area contributed by atoms with Gasteiger partial charge in [-0.15, -0.1) is 10.2 Å². The Labute approximate surface area is 74.2 Å². The molecule has 7 nitrogen and oxygen atoms in total. The third-order valence-corrected chi connectivity index (χ3v) is 1.10. The summed E-state index contributed by atoms with van der Waals surface area (Å²) in [7, 11) is 0. The van der Waals surface area contributed by atoms with E-state index in [1.54, 1.807) is 18.7 Å². The number of nitrogens with zero attached hydrogens (tertiary/aromatic N) is 4. The quantitative estimate of drug-likeness (QED) is 0.499. The second-order valence-corrected chi connectivity index (χ2v) is 2.04. The van der Waals surface area contributed by atoms with Crippen molar-refractivity contribution in [3.05, 3.63) is 24.9 Å². The van der Waals surface area contributed by atoms with Crippen molar-refractivity contribution < 1.29 is 0 Å². The lowest BCUT2D eigenvalue weighted by Gasteiger charge is -1.90. The maximum Gasteiger partial charge on any atom is 0.172 e. The number of H-pyrrole nitrogens is 1. The molecule has 5 N–H and O–H groups in total. The number of aromatic nitrogens is 5. The second kappa shape index (κ2) is 4.65. The van der Waals surface area contributed by atoms with Crippen molar-refractivity contribution in [2.45, 2.75) is 0 Å². The first-order valence-corrected chi connectivity index (χ1v) is 3.42. The molecule has 0 saturated carbocycles. The first-order chi connectivity index (χ1) is 6.30. The van der Waals surface area contributed by atoms with Gasteiger partial charge >= 0.3 is 0 Å². The van der Waals surface area contributed by atoms with Crippen molar-refractivity contribution in [1.29, 1.82) is 0 Å². The lowest BCUT2D eigenvalue weighted by molar-refractivity contribution is 0.876. The van der Waals surface area contributed by atoms with Crippen LogP contribution in [0.15, 0.2) is 24.9 Å². The molecule has 0 unspecified atom stereocenters. The standard InChI is InChI=1S/C3H5N5.C3H4N2/c4-2-1-6-8-7-3(2)5;1-2-5-3-4-1/h1H,(H2,4,8)(H2,5,6,7);1-3H,(H,4,5). The fraction of sp³-hybridized carbons (Fsp3) is 0. The van der Waals surface area contributed by atoms with Crippen LogP contribution in [0.3, 0.4) is 0 Å². The summed E-state index contributed by atoms with van der Waals surface area (Å²) >= 11 is 0. The Hall–Kier alpha value is -2.18. The van der Waals surface area contributed by atoms with Crippen molar-refractivity contribution in [2.75, 3.05) is 11.5 Å². The Morgan fingerprint density at radius 2 is 2.15 bits per heavy atom. The van der Waals surface area contributed by atoms with E-state index in [9.17, 15) is 0 Å². The van der Waals surface area contributed by atoms with Crippen LogP contribution in [0, 0.1) is 0 Å². The highest BCUT2D eigenvalue weighted by Crippen LogP contribution is 2.02. The van der Waals surface area contributed by atoms with E-state index in [-0.39, 0.29) is 5.82 Å². The van der Waals surface area contributed by atoms with E-state index in [2.05, 4.69) is 25.4 Å². The van der Waals surface area contributed by atoms with Crippen LogP contribution in [-0.4, -0.2) is 25.4 Å². The molecule has 13 heavy (non-hydrogen) atoms. The summed E-state index contributed by atoms with van der Waals surface area (Å²) in [6.45, 7) is 0. The fourth-order valence-corrected chi connectivity index (χ4v) is 0.501. The van der Waals surface area contributed by atoms with Crippen LogP contribution < -0.4 is 11.5 Å². The van der Waals surface area contributed by atoms with Crippen molar-refractivity contribution in [3.63, 3.8) is 0 Å². The lowest BCUT2D eigenvalue weighted by atomic mass is 10.5. The van der Waals surface area contributed by atoms with E-state index in [4.69, 9.17) is 11.5 Å². The van der Waals surface area contributed by atoms with Crippen LogP contribution in [-0.2, 0) is 0 Å². The first kappa shape index (κ1) is 8.91. The molecule has 2 aromatic rings. The molecule has 68 valence electrons. The van der Waals surface area contributed by atoms with Gasteiger partial charge in [-0.25, -0.2) is 4.98 Å². The summed E-state index contributed by atoms with van der Waals surface area (Å²) in [5.74, 6) is 0.222. The number of nitrogen functional groups attached to an aromatic ring is 2. The number of rotatable bonds is 0. The van der Waals surface area contributed by atoms with Gasteiger partial charge in [-0.3, -0.25) is 0 Å². The Bertz CT molecular complexity index is 292. The van der Waals surface area contributed by atoms with Gasteiger partial charge in [0.25, 0.3) is 0 Å². The van der Waals surface area contributed by atoms with Gasteiger partial charge in [-0.05, 0) is 5.21 Å². The Kier molecular flexibility index (Phi) is 3.19. The van der Waals surface area contributed by atoms with Crippen LogP contribution in [0.5, 0.6) is 0 Å². The number of aromatic amines is 1. The molecule has 0 radical (unpaired) electrons. The van der Waals surface area contributed by atoms with Gasteiger partial charge in [-0.2, -0.15) is 0 Å². The number of anilines is 2. The molecular formula is C6H9N7. The zero-order valence-corrected chi connectivity index (χ0v) is 6.75. The van der Waals surface area contributed by atoms with E-state index in [1.807, 2.05) is 0 Å². The highest BCUT2D eigenvalue weighted by Gasteiger charge is 1.90. The van der Waals surface area contributed by atoms with Gasteiger partial charge in [0, 0.05) is 12.4 Å². The van der Waals surface area contributed by atoms with E-state index in [0.717, 1.165) is 0 Å². The number of hydrogen-bond donors (Lipinski definition) is 3. The predicted molar refractivity (Wildman–Crippen MR) is 47.2 cm³/mol. The maximum atomic E-state index is 5.23. The molecule has 7 heteroatoms. The monoisotopic (exact) mass is 179 g/mol. The van der Waals surface area contributed by atoms with Crippen LogP contribution in [0.2, 0.25) is 0 Å². The third kappa shape index (κ3) is 3.14. The minimum atomic E-state index is 0.222. The normalized spacial score (nSPS) is 8.62. The average molecular weight is 179 g/mol. The van der Waals surface area contributed by atoms with Gasteiger partial charge in [0.1, 0.15) is 0 Å². The number of nitrogens with two attached hydrogens (primary N) is 2. The summed E-state index contributed by atoms with van der Waals surface area (Å²) in [5, 5.41) is 9.99. The molecule has 2 rings (SSSR count). The van der Waals surface area contributed by atoms with Gasteiger partial charge in [0.15, 0.2) is 5.82 Å². The molecule has 2 aromatic heterocycles. The summed E-state index contributed by atoms with van der Waals surface area (Å²) < 4.78 is 0. The summed E-state index contributed by atoms with van der Waals surface area (Å²) in [6.07, 6.45) is 6.43. The second-order valence-electron chi connectivity index (χ2n) is 2.04. The van der Waals surface area contributed by atoms with Crippen molar-refractivity contribution >= 4 is 11.5 Å². The van der Waals surface area contributed by atoms with E-state index in [0.29, 0.717) is 5.69 Å². The van der Waals surface area contributed by atoms with Crippen LogP contribution in [0.4, 0.5) is 11.5 Å². The van der Waals surface area contributed by atoms with Crippen LogP contribution in [0.1, 0.15) is 0 Å². The van der Waals surface area contributed by atoms with Crippen LogP contribution in [0.25, 0.3) is 0 Å². The molecule has 0 aliphatic heterocycles. The molecule has 2 heterocycles. The van der Waals surface area contributed by atoms with Crippen molar-refractivity contribution in [3.8, 4) is 0 Å². The average Bonchev–Trinajstić information content (AvgIpc) is 2.68. The zero-order valence-electron chi connectivity index (χ0n) is 6.75. The minimum Gasteiger partial charge on any atom is -0.394 e. The smallest absolute Gasteiger partial charge is 0.172 e. The number of imidazole rings is 1. The molecule has 0 aliphatic carbocycles. The lowest BCUT2D eigenvalue weighted by Crippen LogP contribution is -2.00. The Morgan fingerprint density at radius 3 is 2.46 bits per heavy atom. The first-order valence-electron chi connectivity index (χ1n) is 3.42.